The van der Waals surface area contributed by atoms with Crippen LogP contribution in [0.3, 0.4) is 0 Å². The van der Waals surface area contributed by atoms with Gasteiger partial charge in [-0.1, -0.05) is 12.1 Å². The molecule has 1 rings (SSSR count). The summed E-state index contributed by atoms with van der Waals surface area (Å²) in [5.41, 5.74) is 6.85. The van der Waals surface area contributed by atoms with E-state index in [4.69, 9.17) is 10.5 Å². The van der Waals surface area contributed by atoms with Gasteiger partial charge in [0.2, 0.25) is 0 Å². The van der Waals surface area contributed by atoms with Gasteiger partial charge in [0.05, 0.1) is 12.9 Å². The zero-order valence-corrected chi connectivity index (χ0v) is 12.5. The first-order chi connectivity index (χ1) is 8.87. The summed E-state index contributed by atoms with van der Waals surface area (Å²) in [5.74, 6) is 0.925. The molecule has 0 aromatic heterocycles. The molecule has 0 bridgehead atoms. The smallest absolute Gasteiger partial charge is 0.148 e. The van der Waals surface area contributed by atoms with E-state index in [1.807, 2.05) is 36.2 Å². The van der Waals surface area contributed by atoms with Gasteiger partial charge in [0.25, 0.3) is 0 Å². The molecular formula is C13H22N2O3S. The highest BCUT2D eigenvalue weighted by Crippen LogP contribution is 2.21. The number of sulfone groups is 1. The third-order valence-electron chi connectivity index (χ3n) is 3.07. The summed E-state index contributed by atoms with van der Waals surface area (Å²) in [4.78, 5) is 1.96. The molecule has 108 valence electrons. The summed E-state index contributed by atoms with van der Waals surface area (Å²) in [6.07, 6.45) is 1.24. The number of methoxy groups -OCH3 is 1. The first-order valence-corrected chi connectivity index (χ1v) is 8.15. The van der Waals surface area contributed by atoms with Gasteiger partial charge in [-0.25, -0.2) is 8.42 Å². The van der Waals surface area contributed by atoms with E-state index >= 15 is 0 Å². The van der Waals surface area contributed by atoms with E-state index in [1.165, 1.54) is 6.26 Å². The molecule has 0 spiro atoms. The molecule has 2 N–H and O–H groups in total. The van der Waals surface area contributed by atoms with Crippen molar-refractivity contribution in [1.82, 2.24) is 4.90 Å². The molecule has 6 heteroatoms. The molecule has 1 unspecified atom stereocenters. The summed E-state index contributed by atoms with van der Waals surface area (Å²) < 4.78 is 27.5. The highest BCUT2D eigenvalue weighted by molar-refractivity contribution is 7.90. The maximum Gasteiger partial charge on any atom is 0.148 e. The lowest BCUT2D eigenvalue weighted by atomic mass is 10.1. The Kier molecular flexibility index (Phi) is 5.78. The maximum absolute atomic E-state index is 11.2. The molecule has 0 heterocycles. The highest BCUT2D eigenvalue weighted by Gasteiger charge is 2.16. The largest absolute Gasteiger partial charge is 0.497 e. The van der Waals surface area contributed by atoms with Crippen molar-refractivity contribution in [2.24, 2.45) is 5.73 Å². The number of benzene rings is 1. The summed E-state index contributed by atoms with van der Waals surface area (Å²) in [7, 11) is 0.544. The van der Waals surface area contributed by atoms with Gasteiger partial charge in [-0.05, 0) is 24.7 Å². The normalized spacial score (nSPS) is 13.5. The van der Waals surface area contributed by atoms with Crippen LogP contribution in [0, 0.1) is 0 Å². The van der Waals surface area contributed by atoms with Crippen molar-refractivity contribution in [3.05, 3.63) is 29.8 Å². The topological polar surface area (TPSA) is 72.6 Å². The highest BCUT2D eigenvalue weighted by atomic mass is 32.2. The first kappa shape index (κ1) is 15.9. The fourth-order valence-electron chi connectivity index (χ4n) is 1.86. The van der Waals surface area contributed by atoms with Crippen molar-refractivity contribution in [3.63, 3.8) is 0 Å². The molecule has 1 atom stereocenters. The minimum absolute atomic E-state index is 0.00709. The molecule has 0 saturated carbocycles. The van der Waals surface area contributed by atoms with E-state index in [0.29, 0.717) is 13.1 Å². The summed E-state index contributed by atoms with van der Waals surface area (Å²) in [6.45, 7) is 0.902. The van der Waals surface area contributed by atoms with E-state index in [0.717, 1.165) is 11.3 Å². The summed E-state index contributed by atoms with van der Waals surface area (Å²) in [6, 6.07) is 7.67. The van der Waals surface area contributed by atoms with Gasteiger partial charge in [0.1, 0.15) is 15.6 Å². The quantitative estimate of drug-likeness (QED) is 0.797. The summed E-state index contributed by atoms with van der Waals surface area (Å²) in [5, 5.41) is 0. The Labute approximate surface area is 115 Å². The molecule has 1 aromatic carbocycles. The first-order valence-electron chi connectivity index (χ1n) is 6.09. The Morgan fingerprint density at radius 2 is 1.89 bits per heavy atom. The standard InChI is InChI=1S/C13H22N2O3S/c1-15(8-9-19(3,16)17)13(10-14)11-4-6-12(18-2)7-5-11/h4-7,13H,8-10,14H2,1-3H3. The second kappa shape index (κ2) is 6.88. The van der Waals surface area contributed by atoms with Crippen LogP contribution in [0.15, 0.2) is 24.3 Å². The average Bonchev–Trinajstić information content (AvgIpc) is 2.37. The van der Waals surface area contributed by atoms with E-state index in [9.17, 15) is 8.42 Å². The van der Waals surface area contributed by atoms with Crippen LogP contribution in [0.25, 0.3) is 0 Å². The molecule has 1 aromatic rings. The predicted octanol–water partition coefficient (Wildman–Crippen LogP) is 0.671. The number of nitrogens with zero attached hydrogens (tertiary/aromatic N) is 1. The second-order valence-electron chi connectivity index (χ2n) is 4.64. The van der Waals surface area contributed by atoms with Gasteiger partial charge in [0, 0.05) is 25.4 Å². The van der Waals surface area contributed by atoms with Crippen LogP contribution in [0.5, 0.6) is 5.75 Å². The molecule has 0 aliphatic carbocycles. The van der Waals surface area contributed by atoms with E-state index in [2.05, 4.69) is 0 Å². The van der Waals surface area contributed by atoms with E-state index in [-0.39, 0.29) is 11.8 Å². The van der Waals surface area contributed by atoms with Crippen LogP contribution in [0.4, 0.5) is 0 Å². The Morgan fingerprint density at radius 1 is 1.32 bits per heavy atom. The zero-order valence-electron chi connectivity index (χ0n) is 11.7. The lowest BCUT2D eigenvalue weighted by Gasteiger charge is -2.27. The third kappa shape index (κ3) is 5.18. The van der Waals surface area contributed by atoms with Crippen LogP contribution in [0.2, 0.25) is 0 Å². The predicted molar refractivity (Wildman–Crippen MR) is 77.1 cm³/mol. The molecular weight excluding hydrogens is 264 g/mol. The maximum atomic E-state index is 11.2. The molecule has 0 aliphatic rings. The van der Waals surface area contributed by atoms with Crippen LogP contribution in [-0.2, 0) is 9.84 Å². The second-order valence-corrected chi connectivity index (χ2v) is 6.89. The van der Waals surface area contributed by atoms with Gasteiger partial charge in [-0.2, -0.15) is 0 Å². The number of likely N-dealkylation sites (N-methyl/N-ethyl adjacent to an activating group) is 1. The van der Waals surface area contributed by atoms with Gasteiger partial charge in [-0.3, -0.25) is 4.90 Å². The van der Waals surface area contributed by atoms with Crippen LogP contribution >= 0.6 is 0 Å². The van der Waals surface area contributed by atoms with Crippen molar-refractivity contribution in [2.45, 2.75) is 6.04 Å². The average molecular weight is 286 g/mol. The minimum Gasteiger partial charge on any atom is -0.497 e. The lowest BCUT2D eigenvalue weighted by Crippen LogP contribution is -2.33. The Morgan fingerprint density at radius 3 is 2.32 bits per heavy atom. The Balaban J connectivity index is 2.75. The van der Waals surface area contributed by atoms with Gasteiger partial charge >= 0.3 is 0 Å². The Hall–Kier alpha value is -1.11. The van der Waals surface area contributed by atoms with Gasteiger partial charge < -0.3 is 10.5 Å². The molecule has 0 fully saturated rings. The van der Waals surface area contributed by atoms with Gasteiger partial charge in [0.15, 0.2) is 0 Å². The number of rotatable bonds is 7. The van der Waals surface area contributed by atoms with Gasteiger partial charge in [-0.15, -0.1) is 0 Å². The number of hydrogen-bond donors (Lipinski definition) is 1. The summed E-state index contributed by atoms with van der Waals surface area (Å²) >= 11 is 0. The lowest BCUT2D eigenvalue weighted by molar-refractivity contribution is 0.264. The molecule has 0 amide bonds. The van der Waals surface area contributed by atoms with Crippen LogP contribution in [-0.4, -0.2) is 52.6 Å². The minimum atomic E-state index is -2.96. The zero-order chi connectivity index (χ0) is 14.5. The fourth-order valence-corrected chi connectivity index (χ4v) is 2.48. The Bertz CT molecular complexity index is 485. The van der Waals surface area contributed by atoms with Crippen molar-refractivity contribution in [1.29, 1.82) is 0 Å². The van der Waals surface area contributed by atoms with Crippen LogP contribution in [0.1, 0.15) is 11.6 Å². The fraction of sp³-hybridized carbons (Fsp3) is 0.538. The van der Waals surface area contributed by atoms with Crippen molar-refractivity contribution in [3.8, 4) is 5.75 Å². The van der Waals surface area contributed by atoms with Crippen molar-refractivity contribution in [2.75, 3.05) is 39.3 Å². The molecule has 0 radical (unpaired) electrons. The van der Waals surface area contributed by atoms with E-state index in [1.54, 1.807) is 7.11 Å². The monoisotopic (exact) mass is 286 g/mol. The number of nitrogens with two attached hydrogens (primary N) is 1. The number of hydrogen-bond acceptors (Lipinski definition) is 5. The van der Waals surface area contributed by atoms with E-state index < -0.39 is 9.84 Å². The SMILES string of the molecule is COc1ccc(C(CN)N(C)CCS(C)(=O)=O)cc1. The number of ether oxygens (including phenoxy) is 1. The third-order valence-corrected chi connectivity index (χ3v) is 3.99. The molecule has 0 aliphatic heterocycles. The van der Waals surface area contributed by atoms with Crippen molar-refractivity contribution < 1.29 is 13.2 Å². The molecule has 5 nitrogen and oxygen atoms in total. The van der Waals surface area contributed by atoms with Crippen LogP contribution < -0.4 is 10.5 Å². The molecule has 0 saturated heterocycles. The van der Waals surface area contributed by atoms with Crippen molar-refractivity contribution >= 4 is 9.84 Å². The molecule has 19 heavy (non-hydrogen) atoms.